The summed E-state index contributed by atoms with van der Waals surface area (Å²) in [6.45, 7) is 3.05. The van der Waals surface area contributed by atoms with Crippen molar-refractivity contribution in [2.24, 2.45) is 17.4 Å². The molecule has 0 aromatic rings. The largest absolute Gasteiger partial charge is 0.368 e. The van der Waals surface area contributed by atoms with Crippen LogP contribution < -0.4 is 22.1 Å². The molecule has 2 atom stereocenters. The van der Waals surface area contributed by atoms with Crippen LogP contribution in [0.15, 0.2) is 0 Å². The van der Waals surface area contributed by atoms with Gasteiger partial charge in [-0.15, -0.1) is 0 Å². The Kier molecular flexibility index (Phi) is 8.76. The van der Waals surface area contributed by atoms with Gasteiger partial charge < -0.3 is 27.0 Å². The van der Waals surface area contributed by atoms with E-state index in [9.17, 15) is 19.2 Å². The van der Waals surface area contributed by atoms with Crippen molar-refractivity contribution >= 4 is 23.6 Å². The highest BCUT2D eigenvalue weighted by Crippen LogP contribution is 2.02. The first-order valence-corrected chi connectivity index (χ1v) is 7.03. The van der Waals surface area contributed by atoms with Gasteiger partial charge in [0.25, 0.3) is 0 Å². The highest BCUT2D eigenvalue weighted by atomic mass is 16.2. The third-order valence-corrected chi connectivity index (χ3v) is 3.20. The minimum Gasteiger partial charge on any atom is -0.368 e. The molecular weight excluding hydrogens is 290 g/mol. The van der Waals surface area contributed by atoms with Crippen LogP contribution in [0.25, 0.3) is 0 Å². The van der Waals surface area contributed by atoms with Crippen molar-refractivity contribution in [2.75, 3.05) is 26.7 Å². The van der Waals surface area contributed by atoms with Gasteiger partial charge in [-0.3, -0.25) is 19.2 Å². The number of nitrogens with one attached hydrogen (secondary N) is 2. The zero-order valence-corrected chi connectivity index (χ0v) is 13.2. The third kappa shape index (κ3) is 6.53. The molecule has 0 radical (unpaired) electrons. The summed E-state index contributed by atoms with van der Waals surface area (Å²) >= 11 is 0. The summed E-state index contributed by atoms with van der Waals surface area (Å²) in [7, 11) is 1.46. The molecule has 0 aliphatic carbocycles. The molecule has 0 aromatic heterocycles. The summed E-state index contributed by atoms with van der Waals surface area (Å²) in [5, 5.41) is 4.82. The lowest BCUT2D eigenvalue weighted by Gasteiger charge is -2.26. The van der Waals surface area contributed by atoms with Gasteiger partial charge in [-0.05, 0) is 6.42 Å². The summed E-state index contributed by atoms with van der Waals surface area (Å²) in [5.74, 6) is -2.27. The number of amides is 4. The predicted octanol–water partition coefficient (Wildman–Crippen LogP) is -2.46. The highest BCUT2D eigenvalue weighted by Gasteiger charge is 2.25. The molecule has 4 amide bonds. The molecule has 0 heterocycles. The van der Waals surface area contributed by atoms with E-state index >= 15 is 0 Å². The Morgan fingerprint density at radius 2 is 1.64 bits per heavy atom. The molecular formula is C13H25N5O4. The standard InChI is InChI=1S/C13H25N5O4/c1-4-9(13(22)16-6-10(15)19)18(3)11(20)7-17-12(21)8(2)5-14/h8-9H,4-7,14H2,1-3H3,(H2,15,19)(H,16,22)(H,17,21)/t8-,9?/m1/s1. The average Bonchev–Trinajstić information content (AvgIpc) is 2.49. The van der Waals surface area contributed by atoms with Gasteiger partial charge in [-0.2, -0.15) is 0 Å². The van der Waals surface area contributed by atoms with E-state index < -0.39 is 23.8 Å². The zero-order chi connectivity index (χ0) is 17.3. The molecule has 0 aliphatic rings. The fraction of sp³-hybridized carbons (Fsp3) is 0.692. The Morgan fingerprint density at radius 3 is 2.09 bits per heavy atom. The van der Waals surface area contributed by atoms with Crippen LogP contribution in [0.3, 0.4) is 0 Å². The maximum Gasteiger partial charge on any atom is 0.243 e. The minimum absolute atomic E-state index is 0.184. The Morgan fingerprint density at radius 1 is 1.09 bits per heavy atom. The van der Waals surface area contributed by atoms with Crippen LogP contribution >= 0.6 is 0 Å². The van der Waals surface area contributed by atoms with E-state index in [-0.39, 0.29) is 31.5 Å². The van der Waals surface area contributed by atoms with E-state index in [4.69, 9.17) is 11.5 Å². The van der Waals surface area contributed by atoms with E-state index in [1.807, 2.05) is 0 Å². The lowest BCUT2D eigenvalue weighted by Crippen LogP contribution is -2.51. The Balaban J connectivity index is 4.52. The molecule has 0 rings (SSSR count). The van der Waals surface area contributed by atoms with Crippen LogP contribution in [0.4, 0.5) is 0 Å². The van der Waals surface area contributed by atoms with Crippen LogP contribution in [-0.4, -0.2) is 61.3 Å². The van der Waals surface area contributed by atoms with E-state index in [2.05, 4.69) is 10.6 Å². The van der Waals surface area contributed by atoms with Gasteiger partial charge in [0.1, 0.15) is 6.04 Å². The summed E-state index contributed by atoms with van der Waals surface area (Å²) in [5.41, 5.74) is 10.3. The summed E-state index contributed by atoms with van der Waals surface area (Å²) in [6, 6.07) is -0.740. The molecule has 9 heteroatoms. The molecule has 6 N–H and O–H groups in total. The lowest BCUT2D eigenvalue weighted by molar-refractivity contribution is -0.139. The summed E-state index contributed by atoms with van der Waals surface area (Å²) in [4.78, 5) is 47.4. The van der Waals surface area contributed by atoms with Crippen LogP contribution in [0.1, 0.15) is 20.3 Å². The second-order valence-electron chi connectivity index (χ2n) is 4.97. The number of primary amides is 1. The zero-order valence-electron chi connectivity index (χ0n) is 13.2. The van der Waals surface area contributed by atoms with Crippen LogP contribution in [-0.2, 0) is 19.2 Å². The third-order valence-electron chi connectivity index (χ3n) is 3.20. The van der Waals surface area contributed by atoms with Gasteiger partial charge in [-0.25, -0.2) is 0 Å². The van der Waals surface area contributed by atoms with E-state index in [1.165, 1.54) is 11.9 Å². The fourth-order valence-electron chi connectivity index (χ4n) is 1.67. The van der Waals surface area contributed by atoms with Crippen LogP contribution in [0.5, 0.6) is 0 Å². The maximum atomic E-state index is 12.0. The number of likely N-dealkylation sites (N-methyl/N-ethyl adjacent to an activating group) is 1. The van der Waals surface area contributed by atoms with E-state index in [0.29, 0.717) is 6.42 Å². The van der Waals surface area contributed by atoms with Crippen molar-refractivity contribution in [2.45, 2.75) is 26.3 Å². The SMILES string of the molecule is CCC(C(=O)NCC(N)=O)N(C)C(=O)CNC(=O)[C@H](C)CN. The van der Waals surface area contributed by atoms with Gasteiger partial charge >= 0.3 is 0 Å². The Labute approximate surface area is 129 Å². The quantitative estimate of drug-likeness (QED) is 0.372. The first-order chi connectivity index (χ1) is 10.2. The average molecular weight is 315 g/mol. The summed E-state index contributed by atoms with van der Waals surface area (Å²) in [6.07, 6.45) is 0.361. The molecule has 22 heavy (non-hydrogen) atoms. The number of hydrogen-bond acceptors (Lipinski definition) is 5. The molecule has 1 unspecified atom stereocenters. The first-order valence-electron chi connectivity index (χ1n) is 7.03. The molecule has 0 fully saturated rings. The molecule has 0 bridgehead atoms. The first kappa shape index (κ1) is 19.8. The molecule has 0 aliphatic heterocycles. The second kappa shape index (κ2) is 9.72. The van der Waals surface area contributed by atoms with Crippen molar-refractivity contribution in [3.05, 3.63) is 0 Å². The van der Waals surface area contributed by atoms with Crippen LogP contribution in [0.2, 0.25) is 0 Å². The smallest absolute Gasteiger partial charge is 0.243 e. The number of nitrogens with two attached hydrogens (primary N) is 2. The Bertz CT molecular complexity index is 427. The van der Waals surface area contributed by atoms with E-state index in [1.54, 1.807) is 13.8 Å². The predicted molar refractivity (Wildman–Crippen MR) is 80.3 cm³/mol. The molecule has 0 spiro atoms. The number of nitrogens with zero attached hydrogens (tertiary/aromatic N) is 1. The maximum absolute atomic E-state index is 12.0. The highest BCUT2D eigenvalue weighted by molar-refractivity contribution is 5.91. The van der Waals surface area contributed by atoms with Crippen molar-refractivity contribution in [3.63, 3.8) is 0 Å². The Hall–Kier alpha value is -2.16. The fourth-order valence-corrected chi connectivity index (χ4v) is 1.67. The van der Waals surface area contributed by atoms with Crippen molar-refractivity contribution < 1.29 is 19.2 Å². The van der Waals surface area contributed by atoms with Gasteiger partial charge in [0, 0.05) is 19.5 Å². The van der Waals surface area contributed by atoms with E-state index in [0.717, 1.165) is 0 Å². The van der Waals surface area contributed by atoms with Crippen LogP contribution in [0, 0.1) is 5.92 Å². The number of carbonyl (C=O) groups is 4. The molecule has 9 nitrogen and oxygen atoms in total. The minimum atomic E-state index is -0.740. The number of rotatable bonds is 9. The molecule has 0 aromatic carbocycles. The van der Waals surface area contributed by atoms with Crippen molar-refractivity contribution in [1.29, 1.82) is 0 Å². The van der Waals surface area contributed by atoms with Gasteiger partial charge in [-0.1, -0.05) is 13.8 Å². The molecule has 0 saturated carbocycles. The number of hydrogen-bond donors (Lipinski definition) is 4. The normalized spacial score (nSPS) is 12.9. The molecule has 126 valence electrons. The lowest BCUT2D eigenvalue weighted by atomic mass is 10.1. The van der Waals surface area contributed by atoms with Crippen molar-refractivity contribution in [3.8, 4) is 0 Å². The van der Waals surface area contributed by atoms with Gasteiger partial charge in [0.2, 0.25) is 23.6 Å². The topological polar surface area (TPSA) is 148 Å². The number of carbonyl (C=O) groups excluding carboxylic acids is 4. The summed E-state index contributed by atoms with van der Waals surface area (Å²) < 4.78 is 0. The van der Waals surface area contributed by atoms with Crippen molar-refractivity contribution in [1.82, 2.24) is 15.5 Å². The molecule has 0 saturated heterocycles. The monoisotopic (exact) mass is 315 g/mol. The second-order valence-corrected chi connectivity index (χ2v) is 4.97. The van der Waals surface area contributed by atoms with Gasteiger partial charge in [0.05, 0.1) is 13.1 Å². The van der Waals surface area contributed by atoms with Gasteiger partial charge in [0.15, 0.2) is 0 Å².